The number of hydrogen-bond donors (Lipinski definition) is 1. The lowest BCUT2D eigenvalue weighted by atomic mass is 9.96. The maximum atomic E-state index is 6.16. The van der Waals surface area contributed by atoms with Crippen LogP contribution in [0, 0.1) is 0 Å². The van der Waals surface area contributed by atoms with Gasteiger partial charge in [0.05, 0.1) is 10.0 Å². The van der Waals surface area contributed by atoms with Crippen molar-refractivity contribution < 1.29 is 0 Å². The van der Waals surface area contributed by atoms with Crippen LogP contribution >= 0.6 is 23.2 Å². The molecule has 1 aromatic carbocycles. The lowest BCUT2D eigenvalue weighted by Crippen LogP contribution is -2.49. The van der Waals surface area contributed by atoms with E-state index in [0.717, 1.165) is 6.54 Å². The maximum Gasteiger partial charge on any atom is 0.0612 e. The summed E-state index contributed by atoms with van der Waals surface area (Å²) >= 11 is 12.2. The Morgan fingerprint density at radius 1 is 1.16 bits per heavy atom. The number of nitrogens with zero attached hydrogens (tertiary/aromatic N) is 1. The molecule has 0 radical (unpaired) electrons. The number of piperidine rings is 1. The maximum absolute atomic E-state index is 6.16. The normalized spacial score (nSPS) is 29.8. The Hall–Kier alpha value is -0.440. The standard InChI is InChI=1S/C15H20Cl2N2/c1-2-18-10-7-11-3-4-12(8-10)19(11)13-5-6-14(16)15(17)9-13/h5-6,9-12,18H,2-4,7-8H2,1H3. The first-order valence-corrected chi connectivity index (χ1v) is 7.91. The van der Waals surface area contributed by atoms with E-state index >= 15 is 0 Å². The average Bonchev–Trinajstić information content (AvgIpc) is 2.65. The molecule has 2 aliphatic rings. The molecule has 1 aromatic rings. The van der Waals surface area contributed by atoms with Crippen molar-refractivity contribution in [3.8, 4) is 0 Å². The molecule has 2 atom stereocenters. The fourth-order valence-electron chi connectivity index (χ4n) is 3.70. The lowest BCUT2D eigenvalue weighted by Gasteiger charge is -2.41. The fraction of sp³-hybridized carbons (Fsp3) is 0.600. The Kier molecular flexibility index (Phi) is 3.93. The van der Waals surface area contributed by atoms with Crippen LogP contribution in [0.4, 0.5) is 5.69 Å². The van der Waals surface area contributed by atoms with Gasteiger partial charge in [0.25, 0.3) is 0 Å². The second-order valence-electron chi connectivity index (χ2n) is 5.62. The molecule has 2 saturated heterocycles. The van der Waals surface area contributed by atoms with Crippen LogP contribution in [0.2, 0.25) is 10.0 Å². The third kappa shape index (κ3) is 2.58. The first kappa shape index (κ1) is 13.5. The van der Waals surface area contributed by atoms with Crippen molar-refractivity contribution in [3.63, 3.8) is 0 Å². The molecule has 0 spiro atoms. The highest BCUT2D eigenvalue weighted by atomic mass is 35.5. The van der Waals surface area contributed by atoms with Crippen molar-refractivity contribution in [2.45, 2.75) is 50.7 Å². The molecule has 1 N–H and O–H groups in total. The highest BCUT2D eigenvalue weighted by molar-refractivity contribution is 6.42. The van der Waals surface area contributed by atoms with Gasteiger partial charge in [-0.3, -0.25) is 0 Å². The molecule has 0 aliphatic carbocycles. The van der Waals surface area contributed by atoms with Crippen molar-refractivity contribution in [2.75, 3.05) is 11.4 Å². The predicted molar refractivity (Wildman–Crippen MR) is 82.4 cm³/mol. The van der Waals surface area contributed by atoms with E-state index in [1.165, 1.54) is 31.4 Å². The Balaban J connectivity index is 1.81. The molecular formula is C15H20Cl2N2. The predicted octanol–water partition coefficient (Wildman–Crippen LogP) is 4.10. The van der Waals surface area contributed by atoms with E-state index in [1.54, 1.807) is 0 Å². The van der Waals surface area contributed by atoms with Crippen LogP contribution in [0.15, 0.2) is 18.2 Å². The number of fused-ring (bicyclic) bond motifs is 2. The van der Waals surface area contributed by atoms with Gasteiger partial charge in [0.1, 0.15) is 0 Å². The zero-order valence-corrected chi connectivity index (χ0v) is 12.7. The van der Waals surface area contributed by atoms with Crippen LogP contribution in [0.1, 0.15) is 32.6 Å². The zero-order chi connectivity index (χ0) is 13.4. The van der Waals surface area contributed by atoms with Crippen LogP contribution in [0.25, 0.3) is 0 Å². The van der Waals surface area contributed by atoms with Gasteiger partial charge in [-0.05, 0) is 50.4 Å². The van der Waals surface area contributed by atoms with Crippen LogP contribution in [-0.2, 0) is 0 Å². The van der Waals surface area contributed by atoms with Gasteiger partial charge >= 0.3 is 0 Å². The average molecular weight is 299 g/mol. The van der Waals surface area contributed by atoms with Gasteiger partial charge < -0.3 is 10.2 Å². The summed E-state index contributed by atoms with van der Waals surface area (Å²) in [6.07, 6.45) is 5.08. The highest BCUT2D eigenvalue weighted by Crippen LogP contribution is 2.40. The molecule has 4 heteroatoms. The summed E-state index contributed by atoms with van der Waals surface area (Å²) < 4.78 is 0. The summed E-state index contributed by atoms with van der Waals surface area (Å²) in [5, 5.41) is 4.90. The summed E-state index contributed by atoms with van der Waals surface area (Å²) in [5.74, 6) is 0. The minimum atomic E-state index is 0.639. The highest BCUT2D eigenvalue weighted by Gasteiger charge is 2.40. The van der Waals surface area contributed by atoms with Gasteiger partial charge in [0.2, 0.25) is 0 Å². The van der Waals surface area contributed by atoms with E-state index in [-0.39, 0.29) is 0 Å². The molecule has 2 heterocycles. The van der Waals surface area contributed by atoms with Crippen LogP contribution in [-0.4, -0.2) is 24.7 Å². The molecule has 0 saturated carbocycles. The van der Waals surface area contributed by atoms with Crippen LogP contribution < -0.4 is 10.2 Å². The summed E-state index contributed by atoms with van der Waals surface area (Å²) in [7, 11) is 0. The summed E-state index contributed by atoms with van der Waals surface area (Å²) in [5.41, 5.74) is 1.23. The summed E-state index contributed by atoms with van der Waals surface area (Å²) in [4.78, 5) is 2.57. The van der Waals surface area contributed by atoms with Gasteiger partial charge in [-0.25, -0.2) is 0 Å². The molecule has 2 fully saturated rings. The van der Waals surface area contributed by atoms with E-state index in [0.29, 0.717) is 28.2 Å². The van der Waals surface area contributed by atoms with Crippen LogP contribution in [0.5, 0.6) is 0 Å². The lowest BCUT2D eigenvalue weighted by molar-refractivity contribution is 0.361. The third-order valence-corrected chi connectivity index (χ3v) is 5.17. The van der Waals surface area contributed by atoms with Crippen molar-refractivity contribution in [1.82, 2.24) is 5.32 Å². The Morgan fingerprint density at radius 2 is 1.84 bits per heavy atom. The first-order chi connectivity index (χ1) is 9.19. The number of benzene rings is 1. The molecule has 2 unspecified atom stereocenters. The number of rotatable bonds is 3. The molecule has 19 heavy (non-hydrogen) atoms. The van der Waals surface area contributed by atoms with Gasteiger partial charge in [0.15, 0.2) is 0 Å². The van der Waals surface area contributed by atoms with Crippen LogP contribution in [0.3, 0.4) is 0 Å². The number of anilines is 1. The number of nitrogens with one attached hydrogen (secondary N) is 1. The van der Waals surface area contributed by atoms with Crippen molar-refractivity contribution in [1.29, 1.82) is 0 Å². The van der Waals surface area contributed by atoms with E-state index < -0.39 is 0 Å². The SMILES string of the molecule is CCNC1CC2CCC(C1)N2c1ccc(Cl)c(Cl)c1. The molecule has 3 rings (SSSR count). The van der Waals surface area contributed by atoms with Crippen molar-refractivity contribution in [2.24, 2.45) is 0 Å². The van der Waals surface area contributed by atoms with Gasteiger partial charge in [-0.15, -0.1) is 0 Å². The Labute approximate surface area is 125 Å². The number of hydrogen-bond acceptors (Lipinski definition) is 2. The molecule has 2 nitrogen and oxygen atoms in total. The van der Waals surface area contributed by atoms with E-state index in [1.807, 2.05) is 12.1 Å². The minimum absolute atomic E-state index is 0.639. The van der Waals surface area contributed by atoms with Crippen molar-refractivity contribution in [3.05, 3.63) is 28.2 Å². The molecule has 104 valence electrons. The van der Waals surface area contributed by atoms with Gasteiger partial charge in [0, 0.05) is 23.8 Å². The van der Waals surface area contributed by atoms with E-state index in [2.05, 4.69) is 23.2 Å². The van der Waals surface area contributed by atoms with Crippen molar-refractivity contribution >= 4 is 28.9 Å². The van der Waals surface area contributed by atoms with Gasteiger partial charge in [-0.2, -0.15) is 0 Å². The fourth-order valence-corrected chi connectivity index (χ4v) is 3.99. The van der Waals surface area contributed by atoms with E-state index in [9.17, 15) is 0 Å². The zero-order valence-electron chi connectivity index (χ0n) is 11.2. The monoisotopic (exact) mass is 298 g/mol. The van der Waals surface area contributed by atoms with E-state index in [4.69, 9.17) is 23.2 Å². The molecule has 2 bridgehead atoms. The Bertz CT molecular complexity index is 449. The second-order valence-corrected chi connectivity index (χ2v) is 6.43. The summed E-state index contributed by atoms with van der Waals surface area (Å²) in [6.45, 7) is 3.25. The smallest absolute Gasteiger partial charge is 0.0612 e. The topological polar surface area (TPSA) is 15.3 Å². The molecular weight excluding hydrogens is 279 g/mol. The second kappa shape index (κ2) is 5.51. The molecule has 0 amide bonds. The molecule has 2 aliphatic heterocycles. The third-order valence-electron chi connectivity index (χ3n) is 4.43. The largest absolute Gasteiger partial charge is 0.365 e. The number of halogens is 2. The molecule has 0 aromatic heterocycles. The first-order valence-electron chi connectivity index (χ1n) is 7.15. The quantitative estimate of drug-likeness (QED) is 0.904. The Morgan fingerprint density at radius 3 is 2.42 bits per heavy atom. The minimum Gasteiger partial charge on any atom is -0.365 e. The van der Waals surface area contributed by atoms with Gasteiger partial charge in [-0.1, -0.05) is 30.1 Å². The summed E-state index contributed by atoms with van der Waals surface area (Å²) in [6, 6.07) is 8.02.